The third-order valence-corrected chi connectivity index (χ3v) is 1.53. The first kappa shape index (κ1) is 9.95. The molecule has 0 spiro atoms. The lowest BCUT2D eigenvalue weighted by molar-refractivity contribution is -0.117. The highest BCUT2D eigenvalue weighted by Gasteiger charge is 1.99. The standard InChI is InChI=1S/C9H15NO/c1-5-8(2)10(4)7-6-9(3)11/h5H,1-2,6-7H2,3-4H3. The zero-order valence-corrected chi connectivity index (χ0v) is 7.26. The molecule has 0 aliphatic carbocycles. The van der Waals surface area contributed by atoms with Gasteiger partial charge in [-0.25, -0.2) is 0 Å². The quantitative estimate of drug-likeness (QED) is 0.559. The number of rotatable bonds is 5. The van der Waals surface area contributed by atoms with Crippen molar-refractivity contribution in [1.82, 2.24) is 4.90 Å². The SMILES string of the molecule is C=CC(=C)N(C)CCC(C)=O. The van der Waals surface area contributed by atoms with Crippen LogP contribution in [0.3, 0.4) is 0 Å². The zero-order valence-electron chi connectivity index (χ0n) is 7.26. The second-order valence-electron chi connectivity index (χ2n) is 2.57. The first-order chi connectivity index (χ1) is 5.07. The number of carbonyl (C=O) groups excluding carboxylic acids is 1. The van der Waals surface area contributed by atoms with Gasteiger partial charge in [-0.05, 0) is 13.0 Å². The molecular weight excluding hydrogens is 138 g/mol. The van der Waals surface area contributed by atoms with Gasteiger partial charge in [0.25, 0.3) is 0 Å². The number of allylic oxidation sites excluding steroid dienone is 1. The average Bonchev–Trinajstić information content (AvgIpc) is 1.98. The third-order valence-electron chi connectivity index (χ3n) is 1.53. The molecule has 0 rings (SSSR count). The maximum atomic E-state index is 10.6. The van der Waals surface area contributed by atoms with Crippen molar-refractivity contribution in [2.24, 2.45) is 0 Å². The summed E-state index contributed by atoms with van der Waals surface area (Å²) in [6.45, 7) is 9.64. The number of hydrogen-bond donors (Lipinski definition) is 0. The van der Waals surface area contributed by atoms with E-state index in [1.807, 2.05) is 11.9 Å². The van der Waals surface area contributed by atoms with Crippen molar-refractivity contribution in [3.63, 3.8) is 0 Å². The summed E-state index contributed by atoms with van der Waals surface area (Å²) in [5.41, 5.74) is 0.853. The summed E-state index contributed by atoms with van der Waals surface area (Å²) < 4.78 is 0. The molecule has 2 heteroatoms. The maximum Gasteiger partial charge on any atom is 0.131 e. The minimum absolute atomic E-state index is 0.203. The van der Waals surface area contributed by atoms with Crippen LogP contribution in [-0.4, -0.2) is 24.3 Å². The molecule has 2 nitrogen and oxygen atoms in total. The molecule has 0 aliphatic heterocycles. The zero-order chi connectivity index (χ0) is 8.85. The normalized spacial score (nSPS) is 8.91. The predicted octanol–water partition coefficient (Wildman–Crippen LogP) is 1.60. The van der Waals surface area contributed by atoms with Gasteiger partial charge in [0.05, 0.1) is 0 Å². The van der Waals surface area contributed by atoms with Crippen molar-refractivity contribution in [1.29, 1.82) is 0 Å². The van der Waals surface area contributed by atoms with E-state index in [0.717, 1.165) is 12.2 Å². The Morgan fingerprint density at radius 2 is 2.18 bits per heavy atom. The van der Waals surface area contributed by atoms with Crippen LogP contribution in [0, 0.1) is 0 Å². The molecule has 0 unspecified atom stereocenters. The lowest BCUT2D eigenvalue weighted by atomic mass is 10.3. The number of likely N-dealkylation sites (N-methyl/N-ethyl adjacent to an activating group) is 1. The maximum absolute atomic E-state index is 10.6. The molecule has 0 saturated heterocycles. The van der Waals surface area contributed by atoms with Crippen LogP contribution in [-0.2, 0) is 4.79 Å². The van der Waals surface area contributed by atoms with E-state index in [1.54, 1.807) is 13.0 Å². The monoisotopic (exact) mass is 153 g/mol. The molecule has 0 N–H and O–H groups in total. The Morgan fingerprint density at radius 1 is 1.64 bits per heavy atom. The second-order valence-corrected chi connectivity index (χ2v) is 2.57. The van der Waals surface area contributed by atoms with E-state index in [2.05, 4.69) is 13.2 Å². The molecule has 0 aromatic heterocycles. The average molecular weight is 153 g/mol. The van der Waals surface area contributed by atoms with E-state index in [9.17, 15) is 4.79 Å². The third kappa shape index (κ3) is 4.37. The van der Waals surface area contributed by atoms with Crippen LogP contribution in [0.1, 0.15) is 13.3 Å². The van der Waals surface area contributed by atoms with E-state index < -0.39 is 0 Å². The van der Waals surface area contributed by atoms with Gasteiger partial charge in [-0.2, -0.15) is 0 Å². The van der Waals surface area contributed by atoms with E-state index in [-0.39, 0.29) is 5.78 Å². The Morgan fingerprint density at radius 3 is 2.55 bits per heavy atom. The fraction of sp³-hybridized carbons (Fsp3) is 0.444. The van der Waals surface area contributed by atoms with Crippen LogP contribution in [0.4, 0.5) is 0 Å². The molecule has 0 saturated carbocycles. The smallest absolute Gasteiger partial charge is 0.131 e. The summed E-state index contributed by atoms with van der Waals surface area (Å²) in [4.78, 5) is 12.5. The summed E-state index contributed by atoms with van der Waals surface area (Å²) in [6.07, 6.45) is 2.25. The number of ketones is 1. The molecule has 0 amide bonds. The molecule has 0 fully saturated rings. The number of hydrogen-bond acceptors (Lipinski definition) is 2. The topological polar surface area (TPSA) is 20.3 Å². The highest BCUT2D eigenvalue weighted by atomic mass is 16.1. The van der Waals surface area contributed by atoms with Gasteiger partial charge in [0, 0.05) is 25.7 Å². The van der Waals surface area contributed by atoms with E-state index >= 15 is 0 Å². The molecule has 0 heterocycles. The summed E-state index contributed by atoms with van der Waals surface area (Å²) in [7, 11) is 1.90. The molecule has 0 aliphatic rings. The highest BCUT2D eigenvalue weighted by molar-refractivity contribution is 5.75. The minimum Gasteiger partial charge on any atom is -0.375 e. The Labute approximate surface area is 68.2 Å². The molecule has 0 radical (unpaired) electrons. The number of Topliss-reactive ketones (excluding diaryl/α,β-unsaturated/α-hetero) is 1. The van der Waals surface area contributed by atoms with Crippen molar-refractivity contribution in [2.75, 3.05) is 13.6 Å². The van der Waals surface area contributed by atoms with Gasteiger partial charge in [0.1, 0.15) is 5.78 Å². The molecule has 0 bridgehead atoms. The molecular formula is C9H15NO. The van der Waals surface area contributed by atoms with Gasteiger partial charge in [0.15, 0.2) is 0 Å². The number of nitrogens with zero attached hydrogens (tertiary/aromatic N) is 1. The first-order valence-corrected chi connectivity index (χ1v) is 3.60. The van der Waals surface area contributed by atoms with Crippen LogP contribution in [0.15, 0.2) is 24.9 Å². The highest BCUT2D eigenvalue weighted by Crippen LogP contribution is 1.99. The van der Waals surface area contributed by atoms with Gasteiger partial charge in [-0.15, -0.1) is 0 Å². The lowest BCUT2D eigenvalue weighted by Crippen LogP contribution is -2.18. The van der Waals surface area contributed by atoms with Gasteiger partial charge in [-0.3, -0.25) is 4.79 Å². The first-order valence-electron chi connectivity index (χ1n) is 3.60. The van der Waals surface area contributed by atoms with Gasteiger partial charge >= 0.3 is 0 Å². The van der Waals surface area contributed by atoms with Crippen LogP contribution >= 0.6 is 0 Å². The summed E-state index contributed by atoms with van der Waals surface area (Å²) in [5, 5.41) is 0. The molecule has 62 valence electrons. The van der Waals surface area contributed by atoms with Crippen LogP contribution in [0.25, 0.3) is 0 Å². The van der Waals surface area contributed by atoms with Gasteiger partial charge in [-0.1, -0.05) is 13.2 Å². The Hall–Kier alpha value is -1.05. The second kappa shape index (κ2) is 4.72. The summed E-state index contributed by atoms with van der Waals surface area (Å²) >= 11 is 0. The molecule has 0 atom stereocenters. The van der Waals surface area contributed by atoms with Crippen molar-refractivity contribution in [3.8, 4) is 0 Å². The fourth-order valence-corrected chi connectivity index (χ4v) is 0.625. The molecule has 11 heavy (non-hydrogen) atoms. The van der Waals surface area contributed by atoms with Crippen LogP contribution in [0.2, 0.25) is 0 Å². The van der Waals surface area contributed by atoms with Crippen molar-refractivity contribution in [2.45, 2.75) is 13.3 Å². The van der Waals surface area contributed by atoms with E-state index in [0.29, 0.717) is 6.42 Å². The molecule has 0 aromatic rings. The minimum atomic E-state index is 0.203. The molecule has 0 aromatic carbocycles. The van der Waals surface area contributed by atoms with Gasteiger partial charge in [0.2, 0.25) is 0 Å². The van der Waals surface area contributed by atoms with Gasteiger partial charge < -0.3 is 4.90 Å². The Balaban J connectivity index is 3.68. The summed E-state index contributed by atoms with van der Waals surface area (Å²) in [5.74, 6) is 0.203. The van der Waals surface area contributed by atoms with E-state index in [1.165, 1.54) is 0 Å². The number of carbonyl (C=O) groups is 1. The van der Waals surface area contributed by atoms with E-state index in [4.69, 9.17) is 0 Å². The van der Waals surface area contributed by atoms with Crippen LogP contribution < -0.4 is 0 Å². The summed E-state index contributed by atoms with van der Waals surface area (Å²) in [6, 6.07) is 0. The largest absolute Gasteiger partial charge is 0.375 e. The lowest BCUT2D eigenvalue weighted by Gasteiger charge is -2.17. The van der Waals surface area contributed by atoms with Crippen molar-refractivity contribution < 1.29 is 4.79 Å². The Bertz CT molecular complexity index is 172. The fourth-order valence-electron chi connectivity index (χ4n) is 0.625. The Kier molecular flexibility index (Phi) is 4.27. The predicted molar refractivity (Wildman–Crippen MR) is 47.3 cm³/mol. The van der Waals surface area contributed by atoms with Crippen molar-refractivity contribution >= 4 is 5.78 Å². The van der Waals surface area contributed by atoms with Crippen LogP contribution in [0.5, 0.6) is 0 Å². The van der Waals surface area contributed by atoms with Crippen molar-refractivity contribution in [3.05, 3.63) is 24.9 Å².